The Bertz CT molecular complexity index is 1510. The first kappa shape index (κ1) is 23.0. The van der Waals surface area contributed by atoms with Crippen LogP contribution in [0.25, 0.3) is 0 Å². The highest BCUT2D eigenvalue weighted by atomic mass is 35.5. The van der Waals surface area contributed by atoms with Crippen molar-refractivity contribution in [3.63, 3.8) is 0 Å². The first-order valence-electron chi connectivity index (χ1n) is 15.9. The third-order valence-corrected chi connectivity index (χ3v) is 9.15. The lowest BCUT2D eigenvalue weighted by Gasteiger charge is -2.38. The van der Waals surface area contributed by atoms with Crippen LogP contribution in [0, 0.1) is 0 Å². The van der Waals surface area contributed by atoms with Gasteiger partial charge in [0.25, 0.3) is 0 Å². The van der Waals surface area contributed by atoms with Gasteiger partial charge in [-0.3, -0.25) is 4.90 Å². The summed E-state index contributed by atoms with van der Waals surface area (Å²) in [6.45, 7) is -3.51. The molecule has 13 heteroatoms. The molecule has 2 bridgehead atoms. The molecule has 0 spiro atoms. The van der Waals surface area contributed by atoms with Crippen LogP contribution in [0.1, 0.15) is 54.4 Å². The summed E-state index contributed by atoms with van der Waals surface area (Å²) in [7, 11) is 0. The molecule has 1 aromatic carbocycles. The van der Waals surface area contributed by atoms with Gasteiger partial charge in [0.05, 0.1) is 36.8 Å². The van der Waals surface area contributed by atoms with Crippen molar-refractivity contribution in [1.82, 2.24) is 20.2 Å². The number of nitrogens with zero attached hydrogens (tertiary/aromatic N) is 5. The van der Waals surface area contributed by atoms with Crippen molar-refractivity contribution >= 4 is 23.1 Å². The van der Waals surface area contributed by atoms with E-state index in [1.165, 1.54) is 9.80 Å². The molecule has 6 heterocycles. The summed E-state index contributed by atoms with van der Waals surface area (Å²) >= 11 is 5.97. The van der Waals surface area contributed by atoms with Crippen molar-refractivity contribution < 1.29 is 32.9 Å². The number of rotatable bonds is 5. The van der Waals surface area contributed by atoms with Gasteiger partial charge in [-0.25, -0.2) is 4.39 Å². The van der Waals surface area contributed by atoms with Gasteiger partial charge < -0.3 is 25.0 Å². The highest BCUT2D eigenvalue weighted by molar-refractivity contribution is 6.32. The molecule has 0 amide bonds. The second kappa shape index (κ2) is 10.0. The molecule has 5 aliphatic rings. The van der Waals surface area contributed by atoms with Gasteiger partial charge in [-0.2, -0.15) is 23.1 Å². The first-order chi connectivity index (χ1) is 21.1. The van der Waals surface area contributed by atoms with Gasteiger partial charge in [0.1, 0.15) is 24.3 Å². The van der Waals surface area contributed by atoms with E-state index in [0.717, 1.165) is 25.0 Å². The molecule has 4 atom stereocenters. The molecular weight excluding hydrogens is 564 g/mol. The summed E-state index contributed by atoms with van der Waals surface area (Å²) in [6, 6.07) is 1.96. The average molecular weight is 601 g/mol. The molecule has 0 unspecified atom stereocenters. The second-order valence-corrected chi connectivity index (χ2v) is 12.0. The average Bonchev–Trinajstić information content (AvgIpc) is 3.56. The van der Waals surface area contributed by atoms with E-state index in [2.05, 4.69) is 20.2 Å². The minimum atomic E-state index is -4.80. The Kier molecular flexibility index (Phi) is 5.61. The van der Waals surface area contributed by atoms with E-state index in [-0.39, 0.29) is 69.1 Å². The summed E-state index contributed by atoms with van der Waals surface area (Å²) in [6.07, 6.45) is -4.23. The summed E-state index contributed by atoms with van der Waals surface area (Å²) in [5.74, 6) is 0.0911. The molecule has 4 saturated heterocycles. The monoisotopic (exact) mass is 600 g/mol. The highest BCUT2D eigenvalue weighted by Crippen LogP contribution is 2.45. The number of ether oxygens (including phenoxy) is 1. The standard InChI is InChI=1S/C28H33ClF4N6O2/c29-21-8-19(40)9-23(24(21)28(31,32)33)37-7-4-20-22(14-37)35-26(36-25(20)38-12-17-2-3-18(13-38)34-17)41-15-27-5-1-6-39(27)11-16(30)10-27/h8-9,16-18,34,40H,1-7,10-15H2/t16-,17-,18+,27+/m1/s1/i6D2,15D2. The highest BCUT2D eigenvalue weighted by Gasteiger charge is 2.49. The molecule has 0 saturated carbocycles. The normalized spacial score (nSPS) is 32.7. The van der Waals surface area contributed by atoms with E-state index < -0.39 is 47.3 Å². The van der Waals surface area contributed by atoms with Crippen LogP contribution >= 0.6 is 11.6 Å². The number of benzene rings is 1. The Morgan fingerprint density at radius 2 is 1.98 bits per heavy atom. The van der Waals surface area contributed by atoms with Gasteiger partial charge >= 0.3 is 12.2 Å². The number of aromatic nitrogens is 2. The molecule has 5 aliphatic heterocycles. The van der Waals surface area contributed by atoms with Gasteiger partial charge in [0.15, 0.2) is 0 Å². The zero-order valence-corrected chi connectivity index (χ0v) is 22.9. The van der Waals surface area contributed by atoms with Crippen LogP contribution < -0.4 is 19.9 Å². The fourth-order valence-corrected chi connectivity index (χ4v) is 7.35. The van der Waals surface area contributed by atoms with Crippen LogP contribution in [0.15, 0.2) is 12.1 Å². The Morgan fingerprint density at radius 1 is 1.20 bits per heavy atom. The van der Waals surface area contributed by atoms with Crippen LogP contribution in [0.5, 0.6) is 11.8 Å². The van der Waals surface area contributed by atoms with E-state index in [4.69, 9.17) is 21.8 Å². The maximum Gasteiger partial charge on any atom is 0.419 e. The number of piperazine rings is 1. The van der Waals surface area contributed by atoms with Gasteiger partial charge in [-0.05, 0) is 44.7 Å². The predicted octanol–water partition coefficient (Wildman–Crippen LogP) is 4.31. The number of hydrogen-bond donors (Lipinski definition) is 2. The predicted molar refractivity (Wildman–Crippen MR) is 146 cm³/mol. The summed E-state index contributed by atoms with van der Waals surface area (Å²) in [4.78, 5) is 13.9. The molecule has 41 heavy (non-hydrogen) atoms. The molecule has 7 rings (SSSR count). The van der Waals surface area contributed by atoms with Crippen LogP contribution in [0.4, 0.5) is 29.1 Å². The van der Waals surface area contributed by atoms with Crippen molar-refractivity contribution in [2.24, 2.45) is 0 Å². The molecule has 4 fully saturated rings. The number of halogens is 5. The Labute approximate surface area is 246 Å². The molecule has 2 aromatic rings. The second-order valence-electron chi connectivity index (χ2n) is 11.6. The number of phenolic OH excluding ortho intramolecular Hbond substituents is 1. The lowest BCUT2D eigenvalue weighted by Crippen LogP contribution is -2.52. The number of hydrogen-bond acceptors (Lipinski definition) is 8. The topological polar surface area (TPSA) is 77.0 Å². The Balaban J connectivity index is 1.28. The maximum atomic E-state index is 14.7. The number of alkyl halides is 4. The van der Waals surface area contributed by atoms with Gasteiger partial charge in [0, 0.05) is 59.1 Å². The minimum absolute atomic E-state index is 0.00538. The van der Waals surface area contributed by atoms with Crippen molar-refractivity contribution in [3.05, 3.63) is 34.0 Å². The molecule has 0 radical (unpaired) electrons. The number of nitrogens with one attached hydrogen (secondary N) is 1. The third-order valence-electron chi connectivity index (χ3n) is 8.85. The number of aromatic hydroxyl groups is 1. The summed E-state index contributed by atoms with van der Waals surface area (Å²) in [5, 5.41) is 13.1. The number of phenols is 1. The fourth-order valence-electron chi connectivity index (χ4n) is 7.03. The Hall–Kier alpha value is -2.57. The van der Waals surface area contributed by atoms with E-state index in [9.17, 15) is 22.7 Å². The first-order valence-corrected chi connectivity index (χ1v) is 14.3. The van der Waals surface area contributed by atoms with Gasteiger partial charge in [0.2, 0.25) is 0 Å². The quantitative estimate of drug-likeness (QED) is 0.492. The summed E-state index contributed by atoms with van der Waals surface area (Å²) in [5.41, 5.74) is -1.93. The van der Waals surface area contributed by atoms with Gasteiger partial charge in [-0.1, -0.05) is 11.6 Å². The lowest BCUT2D eigenvalue weighted by molar-refractivity contribution is -0.137. The molecule has 8 nitrogen and oxygen atoms in total. The zero-order valence-electron chi connectivity index (χ0n) is 26.1. The maximum absolute atomic E-state index is 14.7. The van der Waals surface area contributed by atoms with Crippen LogP contribution in [-0.2, 0) is 19.1 Å². The molecular formula is C28H33ClF4N6O2. The Morgan fingerprint density at radius 3 is 2.73 bits per heavy atom. The van der Waals surface area contributed by atoms with E-state index in [0.29, 0.717) is 30.2 Å². The van der Waals surface area contributed by atoms with Crippen LogP contribution in [-0.4, -0.2) is 83.0 Å². The van der Waals surface area contributed by atoms with Crippen molar-refractivity contribution in [2.75, 3.05) is 49.0 Å². The van der Waals surface area contributed by atoms with E-state index in [1.807, 2.05) is 0 Å². The zero-order chi connectivity index (χ0) is 32.1. The van der Waals surface area contributed by atoms with E-state index in [1.54, 1.807) is 0 Å². The molecule has 1 aromatic heterocycles. The van der Waals surface area contributed by atoms with Crippen molar-refractivity contribution in [3.8, 4) is 11.8 Å². The SMILES string of the molecule is [2H]C1([2H])CC[C@@]2(C([2H])([2H])Oc3nc4c(c(N5C[C@H]6CC[C@@H](C5)N6)n3)CCN(c3cc(O)cc(Cl)c3C(F)(F)F)C4)C[C@@H](F)CN12. The van der Waals surface area contributed by atoms with Crippen molar-refractivity contribution in [1.29, 1.82) is 0 Å². The molecule has 0 aliphatic carbocycles. The minimum Gasteiger partial charge on any atom is -0.508 e. The smallest absolute Gasteiger partial charge is 0.419 e. The molecule has 222 valence electrons. The van der Waals surface area contributed by atoms with E-state index >= 15 is 0 Å². The van der Waals surface area contributed by atoms with Gasteiger partial charge in [-0.15, -0.1) is 0 Å². The number of anilines is 2. The largest absolute Gasteiger partial charge is 0.508 e. The lowest BCUT2D eigenvalue weighted by atomic mass is 9.95. The third kappa shape index (κ3) is 4.95. The summed E-state index contributed by atoms with van der Waals surface area (Å²) < 4.78 is 97.6. The van der Waals surface area contributed by atoms with Crippen LogP contribution in [0.2, 0.25) is 5.02 Å². The van der Waals surface area contributed by atoms with Crippen molar-refractivity contribution in [2.45, 2.75) is 75.0 Å². The van der Waals surface area contributed by atoms with Crippen LogP contribution in [0.3, 0.4) is 0 Å². The molecule has 2 N–H and O–H groups in total. The fraction of sp³-hybridized carbons (Fsp3) is 0.643. The number of fused-ring (bicyclic) bond motifs is 4.